The Balaban J connectivity index is 2.18. The third-order valence-electron chi connectivity index (χ3n) is 5.66. The van der Waals surface area contributed by atoms with Crippen LogP contribution in [0.5, 0.6) is 0 Å². The van der Waals surface area contributed by atoms with Crippen LogP contribution < -0.4 is 10.5 Å². The second-order valence-corrected chi connectivity index (χ2v) is 8.07. The number of piperidine rings is 1. The summed E-state index contributed by atoms with van der Waals surface area (Å²) in [4.78, 5) is 22.0. The van der Waals surface area contributed by atoms with Crippen molar-refractivity contribution in [3.8, 4) is 6.07 Å². The Morgan fingerprint density at radius 3 is 2.63 bits per heavy atom. The molecule has 0 unspecified atom stereocenters. The zero-order chi connectivity index (χ0) is 19.8. The number of hydrogen-bond acceptors (Lipinski definition) is 6. The van der Waals surface area contributed by atoms with Gasteiger partial charge in [-0.05, 0) is 31.9 Å². The van der Waals surface area contributed by atoms with Gasteiger partial charge in [-0.3, -0.25) is 4.79 Å². The number of H-pyrrole nitrogens is 1. The predicted octanol–water partition coefficient (Wildman–Crippen LogP) is 2.07. The molecule has 3 rings (SSSR count). The Morgan fingerprint density at radius 2 is 2.07 bits per heavy atom. The zero-order valence-electron chi connectivity index (χ0n) is 16.3. The smallest absolute Gasteiger partial charge is 0.268 e. The number of anilines is 1. The zero-order valence-corrected chi connectivity index (χ0v) is 16.3. The summed E-state index contributed by atoms with van der Waals surface area (Å²) in [6.07, 6.45) is 1.59. The van der Waals surface area contributed by atoms with Crippen molar-refractivity contribution >= 4 is 16.7 Å². The Labute approximate surface area is 158 Å². The number of fused-ring (bicyclic) bond motifs is 1. The average Bonchev–Trinajstić information content (AvgIpc) is 2.67. The molecule has 1 fully saturated rings. The summed E-state index contributed by atoms with van der Waals surface area (Å²) in [5, 5.41) is 19.3. The van der Waals surface area contributed by atoms with Gasteiger partial charge in [-0.15, -0.1) is 0 Å². The van der Waals surface area contributed by atoms with Gasteiger partial charge in [0, 0.05) is 31.3 Å². The minimum absolute atomic E-state index is 0.0504. The number of aromatic nitrogens is 2. The fourth-order valence-corrected chi connectivity index (χ4v) is 3.43. The fraction of sp³-hybridized carbons (Fsp3) is 0.550. The molecule has 0 amide bonds. The Kier molecular flexibility index (Phi) is 4.98. The minimum atomic E-state index is -0.523. The van der Waals surface area contributed by atoms with Crippen molar-refractivity contribution in [1.29, 1.82) is 5.26 Å². The lowest BCUT2D eigenvalue weighted by molar-refractivity contribution is -0.0132. The first-order valence-corrected chi connectivity index (χ1v) is 9.13. The average molecular weight is 370 g/mol. The van der Waals surface area contributed by atoms with Gasteiger partial charge in [0.15, 0.2) is 0 Å². The number of ether oxygens (including phenoxy) is 1. The normalized spacial score (nSPS) is 17.1. The first-order valence-electron chi connectivity index (χ1n) is 9.13. The molecule has 0 atom stereocenters. The second kappa shape index (κ2) is 6.95. The van der Waals surface area contributed by atoms with Crippen molar-refractivity contribution in [1.82, 2.24) is 9.97 Å². The molecule has 0 saturated carbocycles. The molecule has 0 spiro atoms. The first-order chi connectivity index (χ1) is 12.7. The highest BCUT2D eigenvalue weighted by molar-refractivity contribution is 5.91. The lowest BCUT2D eigenvalue weighted by atomic mass is 9.89. The van der Waals surface area contributed by atoms with Crippen LogP contribution in [-0.2, 0) is 10.2 Å². The minimum Gasteiger partial charge on any atom is -0.395 e. The summed E-state index contributed by atoms with van der Waals surface area (Å²) in [7, 11) is 1.71. The van der Waals surface area contributed by atoms with Crippen LogP contribution >= 0.6 is 0 Å². The summed E-state index contributed by atoms with van der Waals surface area (Å²) in [5.74, 6) is 0. The molecular weight excluding hydrogens is 344 g/mol. The highest BCUT2D eigenvalue weighted by Crippen LogP contribution is 2.33. The number of aromatic amines is 1. The van der Waals surface area contributed by atoms with Crippen LogP contribution in [0.25, 0.3) is 11.0 Å². The molecule has 1 saturated heterocycles. The molecular formula is C20H26N4O3. The summed E-state index contributed by atoms with van der Waals surface area (Å²) in [5.41, 5.74) is 1.42. The van der Waals surface area contributed by atoms with Crippen molar-refractivity contribution in [3.05, 3.63) is 33.7 Å². The Bertz CT molecular complexity index is 950. The second-order valence-electron chi connectivity index (χ2n) is 8.07. The van der Waals surface area contributed by atoms with E-state index in [4.69, 9.17) is 9.72 Å². The van der Waals surface area contributed by atoms with Crippen LogP contribution in [0.15, 0.2) is 16.9 Å². The van der Waals surface area contributed by atoms with Crippen LogP contribution in [0, 0.1) is 11.3 Å². The van der Waals surface area contributed by atoms with Gasteiger partial charge in [0.25, 0.3) is 5.56 Å². The number of aliphatic hydroxyl groups excluding tert-OH is 1. The molecule has 2 aromatic rings. The van der Waals surface area contributed by atoms with Crippen molar-refractivity contribution in [2.75, 3.05) is 31.7 Å². The third kappa shape index (κ3) is 3.43. The van der Waals surface area contributed by atoms with Gasteiger partial charge in [-0.2, -0.15) is 5.26 Å². The Morgan fingerprint density at radius 1 is 1.41 bits per heavy atom. The van der Waals surface area contributed by atoms with Gasteiger partial charge in [0.1, 0.15) is 17.1 Å². The molecule has 0 bridgehead atoms. The monoisotopic (exact) mass is 370 g/mol. The first kappa shape index (κ1) is 19.3. The topological polar surface area (TPSA) is 102 Å². The summed E-state index contributed by atoms with van der Waals surface area (Å²) >= 11 is 0. The van der Waals surface area contributed by atoms with E-state index in [1.54, 1.807) is 13.2 Å². The lowest BCUT2D eigenvalue weighted by Crippen LogP contribution is -2.44. The molecule has 0 aliphatic carbocycles. The van der Waals surface area contributed by atoms with Crippen LogP contribution in [0.3, 0.4) is 0 Å². The van der Waals surface area contributed by atoms with Gasteiger partial charge in [-0.25, -0.2) is 4.98 Å². The van der Waals surface area contributed by atoms with E-state index >= 15 is 0 Å². The molecule has 3 heterocycles. The SMILES string of the molecule is COC1(C)CCN(c2c(C#N)c(=O)[nH]c3ccc(C(C)(C)CO)nc23)CC1. The van der Waals surface area contributed by atoms with Crippen molar-refractivity contribution in [2.45, 2.75) is 44.6 Å². The number of nitrogens with zero attached hydrogens (tertiary/aromatic N) is 3. The van der Waals surface area contributed by atoms with Crippen molar-refractivity contribution in [2.24, 2.45) is 0 Å². The predicted molar refractivity (Wildman–Crippen MR) is 104 cm³/mol. The number of hydrogen-bond donors (Lipinski definition) is 2. The number of methoxy groups -OCH3 is 1. The maximum atomic E-state index is 12.5. The maximum Gasteiger partial charge on any atom is 0.268 e. The molecule has 7 heteroatoms. The van der Waals surface area contributed by atoms with Gasteiger partial charge < -0.3 is 19.7 Å². The van der Waals surface area contributed by atoms with Crippen LogP contribution in [-0.4, -0.2) is 47.5 Å². The van der Waals surface area contributed by atoms with E-state index in [1.807, 2.05) is 19.9 Å². The molecule has 0 radical (unpaired) electrons. The number of rotatable bonds is 4. The van der Waals surface area contributed by atoms with Gasteiger partial charge in [0.05, 0.1) is 23.4 Å². The largest absolute Gasteiger partial charge is 0.395 e. The Hall–Kier alpha value is -2.43. The van der Waals surface area contributed by atoms with E-state index in [0.29, 0.717) is 35.5 Å². The molecule has 2 aromatic heterocycles. The summed E-state index contributed by atoms with van der Waals surface area (Å²) in [6, 6.07) is 5.66. The summed E-state index contributed by atoms with van der Waals surface area (Å²) < 4.78 is 5.61. The van der Waals surface area contributed by atoms with Gasteiger partial charge >= 0.3 is 0 Å². The quantitative estimate of drug-likeness (QED) is 0.854. The van der Waals surface area contributed by atoms with E-state index in [9.17, 15) is 15.2 Å². The summed E-state index contributed by atoms with van der Waals surface area (Å²) in [6.45, 7) is 7.18. The third-order valence-corrected chi connectivity index (χ3v) is 5.66. The number of aliphatic hydroxyl groups is 1. The maximum absolute atomic E-state index is 12.5. The van der Waals surface area contributed by atoms with Gasteiger partial charge in [0.2, 0.25) is 0 Å². The van der Waals surface area contributed by atoms with E-state index in [1.165, 1.54) is 0 Å². The molecule has 27 heavy (non-hydrogen) atoms. The van der Waals surface area contributed by atoms with E-state index in [2.05, 4.69) is 22.9 Å². The van der Waals surface area contributed by atoms with Crippen molar-refractivity contribution in [3.63, 3.8) is 0 Å². The highest BCUT2D eigenvalue weighted by atomic mass is 16.5. The van der Waals surface area contributed by atoms with E-state index in [-0.39, 0.29) is 17.8 Å². The van der Waals surface area contributed by atoms with Crippen LogP contribution in [0.2, 0.25) is 0 Å². The lowest BCUT2D eigenvalue weighted by Gasteiger charge is -2.39. The van der Waals surface area contributed by atoms with Gasteiger partial charge in [-0.1, -0.05) is 13.8 Å². The molecule has 0 aromatic carbocycles. The molecule has 1 aliphatic rings. The fourth-order valence-electron chi connectivity index (χ4n) is 3.43. The van der Waals surface area contributed by atoms with Crippen molar-refractivity contribution < 1.29 is 9.84 Å². The number of pyridine rings is 2. The van der Waals surface area contributed by atoms with E-state index in [0.717, 1.165) is 12.8 Å². The highest BCUT2D eigenvalue weighted by Gasteiger charge is 2.32. The standard InChI is InChI=1S/C20H26N4O3/c1-19(2,12-25)15-6-5-14-16(23-15)17(13(11-21)18(26)22-14)24-9-7-20(3,27-4)8-10-24/h5-6,25H,7-10,12H2,1-4H3,(H,22,26). The van der Waals surface area contributed by atoms with Crippen LogP contribution in [0.4, 0.5) is 5.69 Å². The molecule has 144 valence electrons. The molecule has 1 aliphatic heterocycles. The number of nitriles is 1. The van der Waals surface area contributed by atoms with Crippen LogP contribution in [0.1, 0.15) is 44.9 Å². The number of nitrogens with one attached hydrogen (secondary N) is 1. The molecule has 2 N–H and O–H groups in total. The van der Waals surface area contributed by atoms with E-state index < -0.39 is 11.0 Å². The molecule has 7 nitrogen and oxygen atoms in total.